The van der Waals surface area contributed by atoms with Gasteiger partial charge in [-0.15, -0.1) is 0 Å². The van der Waals surface area contributed by atoms with Gasteiger partial charge >= 0.3 is 23.9 Å². The van der Waals surface area contributed by atoms with E-state index in [2.05, 4.69) is 0 Å². The molecule has 0 radical (unpaired) electrons. The van der Waals surface area contributed by atoms with Crippen LogP contribution in [0.3, 0.4) is 0 Å². The summed E-state index contributed by atoms with van der Waals surface area (Å²) in [7, 11) is 1.16. The van der Waals surface area contributed by atoms with Crippen LogP contribution >= 0.6 is 0 Å². The van der Waals surface area contributed by atoms with Crippen LogP contribution in [0.5, 0.6) is 0 Å². The number of fused-ring (bicyclic) bond motifs is 4. The van der Waals surface area contributed by atoms with Gasteiger partial charge in [0.05, 0.1) is 19.6 Å². The van der Waals surface area contributed by atoms with Crippen molar-refractivity contribution in [3.63, 3.8) is 0 Å². The monoisotopic (exact) mass is 740 g/mol. The zero-order valence-corrected chi connectivity index (χ0v) is 31.5. The first-order valence-electron chi connectivity index (χ1n) is 18.4. The Labute approximate surface area is 307 Å². The number of cyclic esters (lactones) is 1. The number of hydrogen-bond acceptors (Lipinski definition) is 14. The number of carbonyl (C=O) groups excluding carboxylic acids is 4. The summed E-state index contributed by atoms with van der Waals surface area (Å²) in [6.07, 6.45) is 1.11. The minimum atomic E-state index is -2.44. The zero-order chi connectivity index (χ0) is 38.5. The van der Waals surface area contributed by atoms with E-state index in [0.29, 0.717) is 24.0 Å². The summed E-state index contributed by atoms with van der Waals surface area (Å²) in [5, 5.41) is 27.3. The lowest BCUT2D eigenvalue weighted by atomic mass is 9.34. The summed E-state index contributed by atoms with van der Waals surface area (Å²) < 4.78 is 50.3. The van der Waals surface area contributed by atoms with Crippen LogP contribution in [0.4, 0.5) is 0 Å². The Bertz CT molecular complexity index is 1870. The quantitative estimate of drug-likeness (QED) is 0.223. The van der Waals surface area contributed by atoms with Gasteiger partial charge in [-0.2, -0.15) is 0 Å². The van der Waals surface area contributed by atoms with Gasteiger partial charge in [0, 0.05) is 52.2 Å². The topological polar surface area (TPSA) is 186 Å². The van der Waals surface area contributed by atoms with Crippen LogP contribution in [-0.4, -0.2) is 87.9 Å². The van der Waals surface area contributed by atoms with Gasteiger partial charge < -0.3 is 47.8 Å². The smallest absolute Gasteiger partial charge is 0.347 e. The molecule has 1 aromatic heterocycles. The molecule has 7 aliphatic rings. The molecule has 0 aromatic carbocycles. The molecule has 0 amide bonds. The SMILES string of the molecule is C/C=C(/C)C(=O)O[C@H]1[C@]2(C)C[C@]3(O)[C@@]1(O)[C@H]1O[C@@]4([C@H](C)CC)O[C@@]5(CC[C@]6(C)C(=CC(=O)O[C@H]6c6ccoc6)[C@@]15O4)[C@]3(C)[C@H]2[C@H](OC(C)=O)C(=O)OC. The third-order valence-corrected chi connectivity index (χ3v) is 14.8. The van der Waals surface area contributed by atoms with Crippen LogP contribution in [0.15, 0.2) is 46.3 Å². The van der Waals surface area contributed by atoms with Gasteiger partial charge in [0.25, 0.3) is 5.97 Å². The lowest BCUT2D eigenvalue weighted by Crippen LogP contribution is -2.92. The summed E-state index contributed by atoms with van der Waals surface area (Å²) in [4.78, 5) is 54.3. The maximum Gasteiger partial charge on any atom is 0.347 e. The second-order valence-corrected chi connectivity index (χ2v) is 16.9. The van der Waals surface area contributed by atoms with E-state index in [1.165, 1.54) is 18.6 Å². The second-order valence-electron chi connectivity index (χ2n) is 16.9. The highest BCUT2D eigenvalue weighted by Crippen LogP contribution is 2.88. The third-order valence-electron chi connectivity index (χ3n) is 14.8. The van der Waals surface area contributed by atoms with Crippen LogP contribution < -0.4 is 0 Å². The largest absolute Gasteiger partial charge is 0.472 e. The van der Waals surface area contributed by atoms with E-state index < -0.39 is 105 Å². The standard InChI is InChI=1S/C39H48O14/c1-10-19(3)28(42)50-30-33(7)18-35(44)34(8,26(33)25(29(43)46-9)48-21(5)40)36-14-13-32(6)23(16-24(41)49-27(32)22-12-15-47-17-22)38(36)31(37(30,35)45)51-39(52-36,53-38)20(4)11-2/h10,12,15-17,20,25-27,30-31,44-45H,11,13-14,18H2,1-9H3/b19-10-/t20-,25+,26+,27+,30+,31-,32-,33-,34-,35-,36+,37+,38-,39+/m1/s1. The van der Waals surface area contributed by atoms with E-state index in [4.69, 9.17) is 37.6 Å². The van der Waals surface area contributed by atoms with Crippen LogP contribution in [0.25, 0.3) is 0 Å². The van der Waals surface area contributed by atoms with E-state index >= 15 is 0 Å². The fourth-order valence-corrected chi connectivity index (χ4v) is 12.3. The van der Waals surface area contributed by atoms with E-state index in [1.54, 1.807) is 39.8 Å². The number of methoxy groups -OCH3 is 1. The van der Waals surface area contributed by atoms with Crippen molar-refractivity contribution in [3.05, 3.63) is 47.5 Å². The average molecular weight is 741 g/mol. The molecule has 1 aromatic rings. The molecular weight excluding hydrogens is 692 g/mol. The van der Waals surface area contributed by atoms with Gasteiger partial charge in [-0.3, -0.25) is 4.79 Å². The molecule has 4 bridgehead atoms. The van der Waals surface area contributed by atoms with E-state index in [0.717, 1.165) is 14.0 Å². The summed E-state index contributed by atoms with van der Waals surface area (Å²) in [6, 6.07) is 1.71. The van der Waals surface area contributed by atoms with Crippen molar-refractivity contribution in [2.24, 2.45) is 28.1 Å². The average Bonchev–Trinajstić information content (AvgIpc) is 3.90. The molecule has 288 valence electrons. The van der Waals surface area contributed by atoms with Crippen LogP contribution in [0, 0.1) is 28.1 Å². The molecule has 14 heteroatoms. The first-order chi connectivity index (χ1) is 24.8. The predicted octanol–water partition coefficient (Wildman–Crippen LogP) is 3.73. The summed E-state index contributed by atoms with van der Waals surface area (Å²) >= 11 is 0. The van der Waals surface area contributed by atoms with Crippen molar-refractivity contribution < 1.29 is 67.0 Å². The normalized spacial score (nSPS) is 48.2. The highest BCUT2D eigenvalue weighted by molar-refractivity contribution is 5.88. The van der Waals surface area contributed by atoms with Crippen LogP contribution in [0.1, 0.15) is 92.7 Å². The van der Waals surface area contributed by atoms with Crippen LogP contribution in [0.2, 0.25) is 0 Å². The van der Waals surface area contributed by atoms with Crippen molar-refractivity contribution in [3.8, 4) is 0 Å². The summed E-state index contributed by atoms with van der Waals surface area (Å²) in [5.41, 5.74) is -11.1. The maximum absolute atomic E-state index is 13.9. The Morgan fingerprint density at radius 3 is 2.43 bits per heavy atom. The number of furan rings is 1. The molecule has 14 nitrogen and oxygen atoms in total. The predicted molar refractivity (Wildman–Crippen MR) is 179 cm³/mol. The number of ether oxygens (including phenoxy) is 7. The lowest BCUT2D eigenvalue weighted by molar-refractivity contribution is -0.457. The molecule has 53 heavy (non-hydrogen) atoms. The minimum absolute atomic E-state index is 0.155. The molecule has 1 spiro atoms. The number of aliphatic hydroxyl groups is 2. The van der Waals surface area contributed by atoms with Gasteiger partial charge in [0.15, 0.2) is 11.2 Å². The van der Waals surface area contributed by atoms with Crippen molar-refractivity contribution in [1.82, 2.24) is 0 Å². The first-order valence-corrected chi connectivity index (χ1v) is 18.4. The molecule has 8 rings (SSSR count). The molecule has 14 atom stereocenters. The van der Waals surface area contributed by atoms with E-state index in [9.17, 15) is 29.4 Å². The first kappa shape index (κ1) is 36.4. The zero-order valence-electron chi connectivity index (χ0n) is 31.5. The Balaban J connectivity index is 1.47. The van der Waals surface area contributed by atoms with Gasteiger partial charge in [-0.1, -0.05) is 40.7 Å². The highest BCUT2D eigenvalue weighted by atomic mass is 17.0. The second kappa shape index (κ2) is 10.8. The van der Waals surface area contributed by atoms with Crippen molar-refractivity contribution in [1.29, 1.82) is 0 Å². The number of hydrogen-bond donors (Lipinski definition) is 2. The number of carbonyl (C=O) groups is 4. The van der Waals surface area contributed by atoms with Gasteiger partial charge in [0.1, 0.15) is 29.5 Å². The van der Waals surface area contributed by atoms with Crippen molar-refractivity contribution in [2.45, 2.75) is 134 Å². The van der Waals surface area contributed by atoms with E-state index in [-0.39, 0.29) is 18.4 Å². The number of esters is 4. The molecule has 4 saturated carbocycles. The Kier molecular flexibility index (Phi) is 7.43. The molecule has 2 N–H and O–H groups in total. The molecule has 0 unspecified atom stereocenters. The molecule has 3 aliphatic heterocycles. The molecule has 2 saturated heterocycles. The van der Waals surface area contributed by atoms with Crippen LogP contribution in [-0.2, 0) is 52.3 Å². The highest BCUT2D eigenvalue weighted by Gasteiger charge is 3.03. The Morgan fingerprint density at radius 2 is 1.83 bits per heavy atom. The molecular formula is C39H48O14. The fourth-order valence-electron chi connectivity index (χ4n) is 12.3. The molecule has 6 fully saturated rings. The van der Waals surface area contributed by atoms with E-state index in [1.807, 2.05) is 20.8 Å². The van der Waals surface area contributed by atoms with Gasteiger partial charge in [-0.05, 0) is 51.2 Å². The molecule has 4 aliphatic carbocycles. The minimum Gasteiger partial charge on any atom is -0.472 e. The third kappa shape index (κ3) is 3.73. The Hall–Kier alpha value is -3.56. The number of allylic oxidation sites excluding steroid dienone is 1. The molecule has 4 heterocycles. The number of rotatable bonds is 8. The summed E-state index contributed by atoms with van der Waals surface area (Å²) in [5.74, 6) is -6.66. The summed E-state index contributed by atoms with van der Waals surface area (Å²) in [6.45, 7) is 13.5. The van der Waals surface area contributed by atoms with Gasteiger partial charge in [0.2, 0.25) is 6.10 Å². The lowest BCUT2D eigenvalue weighted by Gasteiger charge is -2.75. The van der Waals surface area contributed by atoms with Crippen molar-refractivity contribution in [2.75, 3.05) is 7.11 Å². The fraction of sp³-hybridized carbons (Fsp3) is 0.692. The van der Waals surface area contributed by atoms with Crippen molar-refractivity contribution >= 4 is 23.9 Å². The van der Waals surface area contributed by atoms with Gasteiger partial charge in [-0.25, -0.2) is 14.4 Å². The maximum atomic E-state index is 13.9. The Morgan fingerprint density at radius 1 is 1.11 bits per heavy atom.